The maximum absolute atomic E-state index is 12.4. The maximum atomic E-state index is 12.4. The van der Waals surface area contributed by atoms with Crippen LogP contribution in [0.1, 0.15) is 29.4 Å². The van der Waals surface area contributed by atoms with Gasteiger partial charge in [-0.3, -0.25) is 4.79 Å². The lowest BCUT2D eigenvalue weighted by atomic mass is 10.4. The summed E-state index contributed by atoms with van der Waals surface area (Å²) in [5.41, 5.74) is 5.84. The molecule has 0 saturated heterocycles. The monoisotopic (exact) mass is 284 g/mol. The van der Waals surface area contributed by atoms with E-state index in [1.165, 1.54) is 11.3 Å². The van der Waals surface area contributed by atoms with Crippen LogP contribution in [0.15, 0.2) is 0 Å². The summed E-state index contributed by atoms with van der Waals surface area (Å²) in [7, 11) is 1.64. The molecule has 1 fully saturated rings. The standard InChI is InChI=1S/C12H20N4O2S/c1-3-16(8-4-5-8)11(17)9-10(13)15-12(19-9)14-6-7-18-2/h8H,3-7,13H2,1-2H3,(H,14,15). The molecule has 0 bridgehead atoms. The summed E-state index contributed by atoms with van der Waals surface area (Å²) in [6.45, 7) is 3.95. The van der Waals surface area contributed by atoms with Crippen LogP contribution >= 0.6 is 11.3 Å². The van der Waals surface area contributed by atoms with E-state index in [-0.39, 0.29) is 5.91 Å². The van der Waals surface area contributed by atoms with Crippen LogP contribution in [0.3, 0.4) is 0 Å². The van der Waals surface area contributed by atoms with Crippen LogP contribution in [-0.2, 0) is 4.74 Å². The smallest absolute Gasteiger partial charge is 0.268 e. The van der Waals surface area contributed by atoms with Crippen molar-refractivity contribution < 1.29 is 9.53 Å². The highest BCUT2D eigenvalue weighted by atomic mass is 32.1. The number of rotatable bonds is 7. The number of amides is 1. The van der Waals surface area contributed by atoms with Crippen LogP contribution in [0.4, 0.5) is 10.9 Å². The number of nitrogens with one attached hydrogen (secondary N) is 1. The molecule has 0 unspecified atom stereocenters. The van der Waals surface area contributed by atoms with Gasteiger partial charge in [0.2, 0.25) is 0 Å². The van der Waals surface area contributed by atoms with Gasteiger partial charge < -0.3 is 20.7 Å². The third-order valence-electron chi connectivity index (χ3n) is 3.02. The van der Waals surface area contributed by atoms with Crippen molar-refractivity contribution in [1.29, 1.82) is 0 Å². The van der Waals surface area contributed by atoms with E-state index < -0.39 is 0 Å². The van der Waals surface area contributed by atoms with Gasteiger partial charge in [0, 0.05) is 26.2 Å². The normalized spacial score (nSPS) is 14.4. The molecule has 19 heavy (non-hydrogen) atoms. The lowest BCUT2D eigenvalue weighted by molar-refractivity contribution is 0.0758. The van der Waals surface area contributed by atoms with E-state index >= 15 is 0 Å². The SMILES string of the molecule is CCN(C(=O)c1sc(NCCOC)nc1N)C1CC1. The van der Waals surface area contributed by atoms with Crippen molar-refractivity contribution >= 4 is 28.2 Å². The highest BCUT2D eigenvalue weighted by Gasteiger charge is 2.33. The zero-order valence-corrected chi connectivity index (χ0v) is 12.1. The number of ether oxygens (including phenoxy) is 1. The Kier molecular flexibility index (Phi) is 4.60. The molecule has 106 valence electrons. The van der Waals surface area contributed by atoms with Gasteiger partial charge in [-0.05, 0) is 19.8 Å². The number of methoxy groups -OCH3 is 1. The Morgan fingerprint density at radius 2 is 2.37 bits per heavy atom. The third kappa shape index (κ3) is 3.36. The van der Waals surface area contributed by atoms with E-state index in [2.05, 4.69) is 10.3 Å². The largest absolute Gasteiger partial charge is 0.383 e. The first-order valence-electron chi connectivity index (χ1n) is 6.47. The van der Waals surface area contributed by atoms with Crippen molar-refractivity contribution in [2.45, 2.75) is 25.8 Å². The molecule has 0 aromatic carbocycles. The number of aromatic nitrogens is 1. The molecule has 1 aliphatic rings. The molecule has 0 aliphatic heterocycles. The van der Waals surface area contributed by atoms with Gasteiger partial charge in [0.1, 0.15) is 10.7 Å². The number of nitrogens with zero attached hydrogens (tertiary/aromatic N) is 2. The van der Waals surface area contributed by atoms with Crippen molar-refractivity contribution in [3.63, 3.8) is 0 Å². The summed E-state index contributed by atoms with van der Waals surface area (Å²) in [6, 6.07) is 0.393. The Bertz CT molecular complexity index is 445. The summed E-state index contributed by atoms with van der Waals surface area (Å²) in [6.07, 6.45) is 2.19. The van der Waals surface area contributed by atoms with E-state index in [0.717, 1.165) is 12.8 Å². The van der Waals surface area contributed by atoms with E-state index in [1.807, 2.05) is 11.8 Å². The Labute approximate surface area is 116 Å². The second-order valence-electron chi connectivity index (χ2n) is 4.48. The quantitative estimate of drug-likeness (QED) is 0.740. The molecule has 1 heterocycles. The van der Waals surface area contributed by atoms with E-state index in [9.17, 15) is 4.79 Å². The number of carbonyl (C=O) groups excluding carboxylic acids is 1. The molecule has 2 rings (SSSR count). The third-order valence-corrected chi connectivity index (χ3v) is 4.04. The molecule has 0 atom stereocenters. The number of hydrogen-bond acceptors (Lipinski definition) is 6. The minimum Gasteiger partial charge on any atom is -0.383 e. The van der Waals surface area contributed by atoms with Gasteiger partial charge in [-0.2, -0.15) is 0 Å². The van der Waals surface area contributed by atoms with Crippen molar-refractivity contribution in [3.8, 4) is 0 Å². The molecule has 1 aromatic heterocycles. The van der Waals surface area contributed by atoms with Gasteiger partial charge in [-0.15, -0.1) is 0 Å². The fourth-order valence-corrected chi connectivity index (χ4v) is 2.77. The molecule has 0 radical (unpaired) electrons. The molecule has 1 saturated carbocycles. The number of anilines is 2. The van der Waals surface area contributed by atoms with Gasteiger partial charge >= 0.3 is 0 Å². The van der Waals surface area contributed by atoms with Crippen LogP contribution in [0.5, 0.6) is 0 Å². The minimum atomic E-state index is -0.000193. The maximum Gasteiger partial charge on any atom is 0.268 e. The number of hydrogen-bond donors (Lipinski definition) is 2. The molecule has 6 nitrogen and oxygen atoms in total. The van der Waals surface area contributed by atoms with Crippen LogP contribution in [0.25, 0.3) is 0 Å². The van der Waals surface area contributed by atoms with Gasteiger partial charge in [-0.1, -0.05) is 11.3 Å². The minimum absolute atomic E-state index is 0.000193. The Morgan fingerprint density at radius 3 is 2.95 bits per heavy atom. The Morgan fingerprint density at radius 1 is 1.63 bits per heavy atom. The van der Waals surface area contributed by atoms with E-state index in [0.29, 0.717) is 41.6 Å². The van der Waals surface area contributed by atoms with Gasteiger partial charge in [-0.25, -0.2) is 4.98 Å². The fraction of sp³-hybridized carbons (Fsp3) is 0.667. The second kappa shape index (κ2) is 6.21. The van der Waals surface area contributed by atoms with Crippen LogP contribution in [0, 0.1) is 0 Å². The molecule has 7 heteroatoms. The summed E-state index contributed by atoms with van der Waals surface area (Å²) in [5, 5.41) is 3.77. The van der Waals surface area contributed by atoms with Crippen LogP contribution < -0.4 is 11.1 Å². The highest BCUT2D eigenvalue weighted by Crippen LogP contribution is 2.32. The average Bonchev–Trinajstić information content (AvgIpc) is 3.14. The van der Waals surface area contributed by atoms with E-state index in [1.54, 1.807) is 7.11 Å². The topological polar surface area (TPSA) is 80.5 Å². The molecular weight excluding hydrogens is 264 g/mol. The number of thiazole rings is 1. The summed E-state index contributed by atoms with van der Waals surface area (Å²) in [5.74, 6) is 0.314. The Balaban J connectivity index is 2.04. The molecule has 1 aromatic rings. The zero-order chi connectivity index (χ0) is 13.8. The lowest BCUT2D eigenvalue weighted by Gasteiger charge is -2.19. The average molecular weight is 284 g/mol. The number of nitrogen functional groups attached to an aromatic ring is 1. The summed E-state index contributed by atoms with van der Waals surface area (Å²) >= 11 is 1.31. The first-order valence-corrected chi connectivity index (χ1v) is 7.29. The molecule has 1 amide bonds. The fourth-order valence-electron chi connectivity index (χ4n) is 1.91. The van der Waals surface area contributed by atoms with Crippen molar-refractivity contribution in [2.75, 3.05) is 37.9 Å². The molecular formula is C12H20N4O2S. The van der Waals surface area contributed by atoms with Gasteiger partial charge in [0.25, 0.3) is 5.91 Å². The molecule has 1 aliphatic carbocycles. The van der Waals surface area contributed by atoms with Crippen molar-refractivity contribution in [3.05, 3.63) is 4.88 Å². The highest BCUT2D eigenvalue weighted by molar-refractivity contribution is 7.18. The molecule has 0 spiro atoms. The lowest BCUT2D eigenvalue weighted by Crippen LogP contribution is -2.32. The number of carbonyl (C=O) groups is 1. The van der Waals surface area contributed by atoms with E-state index in [4.69, 9.17) is 10.5 Å². The van der Waals surface area contributed by atoms with Gasteiger partial charge in [0.05, 0.1) is 6.61 Å². The first-order chi connectivity index (χ1) is 9.17. The number of nitrogens with two attached hydrogens (primary N) is 1. The first kappa shape index (κ1) is 14.1. The predicted molar refractivity (Wildman–Crippen MR) is 76.6 cm³/mol. The van der Waals surface area contributed by atoms with Crippen LogP contribution in [0.2, 0.25) is 0 Å². The summed E-state index contributed by atoms with van der Waals surface area (Å²) < 4.78 is 4.95. The van der Waals surface area contributed by atoms with Crippen molar-refractivity contribution in [1.82, 2.24) is 9.88 Å². The summed E-state index contributed by atoms with van der Waals surface area (Å²) in [4.78, 5) is 19.0. The predicted octanol–water partition coefficient (Wildman–Crippen LogP) is 1.41. The zero-order valence-electron chi connectivity index (χ0n) is 11.3. The van der Waals surface area contributed by atoms with Crippen LogP contribution in [-0.4, -0.2) is 48.6 Å². The van der Waals surface area contributed by atoms with Gasteiger partial charge in [0.15, 0.2) is 5.13 Å². The van der Waals surface area contributed by atoms with Crippen molar-refractivity contribution in [2.24, 2.45) is 0 Å². The molecule has 3 N–H and O–H groups in total. The Hall–Kier alpha value is -1.34. The second-order valence-corrected chi connectivity index (χ2v) is 5.47.